The largest absolute Gasteiger partial charge is 0.388 e. The Morgan fingerprint density at radius 2 is 1.61 bits per heavy atom. The molecule has 0 amide bonds. The Hall–Kier alpha value is -3.20. The first-order valence-electron chi connectivity index (χ1n) is 14.4. The molecule has 0 bridgehead atoms. The standard InChI is InChI=1S/C33H40FN5OS/c1-22-8-18-27(19-9-22)41-28(20-31(40)23-10-12-24(34)13-11-23)21-35-25-14-16-26(17-15-25)36-33-37-30-7-5-4-6-29(30)32(38-33)39(2)3/h4-13,18-19,25-26,28,31,35,40H,14-17,20-21H2,1-3H3,(H,36,37,38)/t25-,26+,28?,31?. The predicted octanol–water partition coefficient (Wildman–Crippen LogP) is 6.74. The lowest BCUT2D eigenvalue weighted by Crippen LogP contribution is -2.40. The first kappa shape index (κ1) is 29.3. The molecule has 1 heterocycles. The van der Waals surface area contributed by atoms with Crippen molar-refractivity contribution in [3.8, 4) is 0 Å². The summed E-state index contributed by atoms with van der Waals surface area (Å²) in [6, 6.07) is 23.6. The molecular formula is C33H40FN5OS. The smallest absolute Gasteiger partial charge is 0.225 e. The molecule has 0 saturated heterocycles. The van der Waals surface area contributed by atoms with E-state index >= 15 is 0 Å². The average molecular weight is 574 g/mol. The minimum atomic E-state index is -0.644. The van der Waals surface area contributed by atoms with Crippen LogP contribution in [0.3, 0.4) is 0 Å². The molecule has 1 aromatic heterocycles. The van der Waals surface area contributed by atoms with Gasteiger partial charge in [-0.1, -0.05) is 42.0 Å². The van der Waals surface area contributed by atoms with Crippen LogP contribution in [0.25, 0.3) is 10.9 Å². The summed E-state index contributed by atoms with van der Waals surface area (Å²) in [5.41, 5.74) is 2.93. The van der Waals surface area contributed by atoms with Gasteiger partial charge in [0, 0.05) is 48.3 Å². The van der Waals surface area contributed by atoms with E-state index in [1.54, 1.807) is 23.9 Å². The summed E-state index contributed by atoms with van der Waals surface area (Å²) in [6.45, 7) is 2.88. The Morgan fingerprint density at radius 1 is 0.927 bits per heavy atom. The molecule has 0 aliphatic heterocycles. The summed E-state index contributed by atoms with van der Waals surface area (Å²) in [6.07, 6.45) is 4.15. The number of aromatic nitrogens is 2. The molecule has 0 radical (unpaired) electrons. The van der Waals surface area contributed by atoms with Gasteiger partial charge in [-0.15, -0.1) is 11.8 Å². The normalized spacial score (nSPS) is 18.7. The van der Waals surface area contributed by atoms with Gasteiger partial charge in [-0.25, -0.2) is 9.37 Å². The van der Waals surface area contributed by atoms with Crippen molar-refractivity contribution >= 4 is 34.4 Å². The van der Waals surface area contributed by atoms with Gasteiger partial charge in [-0.2, -0.15) is 4.98 Å². The maximum Gasteiger partial charge on any atom is 0.225 e. The van der Waals surface area contributed by atoms with E-state index in [1.807, 2.05) is 37.2 Å². The van der Waals surface area contributed by atoms with Gasteiger partial charge in [0.05, 0.1) is 11.6 Å². The Labute approximate surface area is 246 Å². The number of aliphatic hydroxyl groups is 1. The second-order valence-corrected chi connectivity index (χ2v) is 12.6. The molecule has 3 N–H and O–H groups in total. The number of halogens is 1. The fourth-order valence-electron chi connectivity index (χ4n) is 5.44. The highest BCUT2D eigenvalue weighted by atomic mass is 32.2. The zero-order valence-electron chi connectivity index (χ0n) is 24.1. The van der Waals surface area contributed by atoms with E-state index < -0.39 is 6.10 Å². The molecular weight excluding hydrogens is 533 g/mol. The molecule has 8 heteroatoms. The van der Waals surface area contributed by atoms with Gasteiger partial charge < -0.3 is 20.6 Å². The first-order chi connectivity index (χ1) is 19.8. The van der Waals surface area contributed by atoms with E-state index in [-0.39, 0.29) is 11.1 Å². The summed E-state index contributed by atoms with van der Waals surface area (Å²) in [5, 5.41) is 19.6. The monoisotopic (exact) mass is 573 g/mol. The quantitative estimate of drug-likeness (QED) is 0.172. The van der Waals surface area contributed by atoms with Gasteiger partial charge in [0.2, 0.25) is 5.95 Å². The second-order valence-electron chi connectivity index (χ2n) is 11.2. The number of aliphatic hydroxyl groups excluding tert-OH is 1. The number of anilines is 2. The number of rotatable bonds is 11. The van der Waals surface area contributed by atoms with Crippen molar-refractivity contribution in [1.29, 1.82) is 0 Å². The third kappa shape index (κ3) is 7.97. The van der Waals surface area contributed by atoms with Crippen molar-refractivity contribution in [2.24, 2.45) is 0 Å². The van der Waals surface area contributed by atoms with Crippen molar-refractivity contribution in [3.05, 3.63) is 89.7 Å². The van der Waals surface area contributed by atoms with E-state index in [0.717, 1.165) is 54.5 Å². The Bertz CT molecular complexity index is 1410. The minimum Gasteiger partial charge on any atom is -0.388 e. The minimum absolute atomic E-state index is 0.170. The number of para-hydroxylation sites is 1. The van der Waals surface area contributed by atoms with Crippen LogP contribution in [0.15, 0.2) is 77.7 Å². The predicted molar refractivity (Wildman–Crippen MR) is 168 cm³/mol. The van der Waals surface area contributed by atoms with E-state index in [1.165, 1.54) is 22.6 Å². The Balaban J connectivity index is 1.17. The molecule has 1 saturated carbocycles. The van der Waals surface area contributed by atoms with Gasteiger partial charge in [0.25, 0.3) is 0 Å². The highest BCUT2D eigenvalue weighted by molar-refractivity contribution is 8.00. The summed E-state index contributed by atoms with van der Waals surface area (Å²) in [5.74, 6) is 1.32. The van der Waals surface area contributed by atoms with E-state index in [9.17, 15) is 9.50 Å². The van der Waals surface area contributed by atoms with E-state index in [2.05, 4.69) is 47.9 Å². The molecule has 6 nitrogen and oxygen atoms in total. The second kappa shape index (κ2) is 13.6. The number of benzene rings is 3. The first-order valence-corrected chi connectivity index (χ1v) is 15.3. The number of hydrogen-bond acceptors (Lipinski definition) is 7. The zero-order chi connectivity index (χ0) is 28.8. The Kier molecular flexibility index (Phi) is 9.75. The number of nitrogens with zero attached hydrogens (tertiary/aromatic N) is 3. The number of aryl methyl sites for hydroxylation is 1. The third-order valence-corrected chi connectivity index (χ3v) is 9.00. The third-order valence-electron chi connectivity index (χ3n) is 7.77. The maximum atomic E-state index is 13.4. The summed E-state index contributed by atoms with van der Waals surface area (Å²) in [4.78, 5) is 12.8. The molecule has 4 aromatic rings. The van der Waals surface area contributed by atoms with Crippen molar-refractivity contribution in [2.45, 2.75) is 67.4 Å². The molecule has 41 heavy (non-hydrogen) atoms. The molecule has 5 rings (SSSR count). The number of hydrogen-bond donors (Lipinski definition) is 3. The fraction of sp³-hybridized carbons (Fsp3) is 0.394. The van der Waals surface area contributed by atoms with Crippen molar-refractivity contribution in [1.82, 2.24) is 15.3 Å². The maximum absolute atomic E-state index is 13.4. The molecule has 1 aliphatic carbocycles. The van der Waals surface area contributed by atoms with Crippen LogP contribution >= 0.6 is 11.8 Å². The van der Waals surface area contributed by atoms with Gasteiger partial charge in [-0.3, -0.25) is 0 Å². The van der Waals surface area contributed by atoms with Crippen LogP contribution < -0.4 is 15.5 Å². The number of thioether (sulfide) groups is 1. The van der Waals surface area contributed by atoms with Gasteiger partial charge in [0.15, 0.2) is 0 Å². The molecule has 0 spiro atoms. The number of nitrogens with one attached hydrogen (secondary N) is 2. The van der Waals surface area contributed by atoms with Crippen molar-refractivity contribution in [2.75, 3.05) is 30.9 Å². The van der Waals surface area contributed by atoms with Crippen LogP contribution in [0.1, 0.15) is 49.3 Å². The number of fused-ring (bicyclic) bond motifs is 1. The van der Waals surface area contributed by atoms with Gasteiger partial charge in [0.1, 0.15) is 11.6 Å². The highest BCUT2D eigenvalue weighted by Gasteiger charge is 2.24. The van der Waals surface area contributed by atoms with Gasteiger partial charge >= 0.3 is 0 Å². The molecule has 216 valence electrons. The lowest BCUT2D eigenvalue weighted by atomic mass is 9.91. The van der Waals surface area contributed by atoms with E-state index in [4.69, 9.17) is 9.97 Å². The lowest BCUT2D eigenvalue weighted by molar-refractivity contribution is 0.165. The summed E-state index contributed by atoms with van der Waals surface area (Å²) in [7, 11) is 4.02. The van der Waals surface area contributed by atoms with Crippen molar-refractivity contribution in [3.63, 3.8) is 0 Å². The zero-order valence-corrected chi connectivity index (χ0v) is 24.9. The molecule has 2 unspecified atom stereocenters. The van der Waals surface area contributed by atoms with Crippen LogP contribution in [0.4, 0.5) is 16.2 Å². The lowest BCUT2D eigenvalue weighted by Gasteiger charge is -2.31. The molecule has 1 fully saturated rings. The van der Waals surface area contributed by atoms with Crippen LogP contribution in [-0.4, -0.2) is 53.0 Å². The van der Waals surface area contributed by atoms with Crippen molar-refractivity contribution < 1.29 is 9.50 Å². The van der Waals surface area contributed by atoms with Crippen LogP contribution in [-0.2, 0) is 0 Å². The van der Waals surface area contributed by atoms with Crippen LogP contribution in [0.2, 0.25) is 0 Å². The van der Waals surface area contributed by atoms with E-state index in [0.29, 0.717) is 24.5 Å². The molecule has 1 aliphatic rings. The van der Waals surface area contributed by atoms with Crippen LogP contribution in [0.5, 0.6) is 0 Å². The molecule has 2 atom stereocenters. The average Bonchev–Trinajstić information content (AvgIpc) is 2.97. The SMILES string of the molecule is Cc1ccc(SC(CN[C@H]2CC[C@@H](Nc3nc(N(C)C)c4ccccc4n3)CC2)CC(O)c2ccc(F)cc2)cc1. The molecule has 3 aromatic carbocycles. The highest BCUT2D eigenvalue weighted by Crippen LogP contribution is 2.31. The van der Waals surface area contributed by atoms with Gasteiger partial charge in [-0.05, 0) is 81.0 Å². The summed E-state index contributed by atoms with van der Waals surface area (Å²) >= 11 is 1.79. The van der Waals surface area contributed by atoms with Crippen LogP contribution in [0, 0.1) is 12.7 Å². The summed E-state index contributed by atoms with van der Waals surface area (Å²) < 4.78 is 13.4. The topological polar surface area (TPSA) is 73.3 Å². The Morgan fingerprint density at radius 3 is 2.32 bits per heavy atom. The fourth-order valence-corrected chi connectivity index (χ4v) is 6.58.